The second-order valence-corrected chi connectivity index (χ2v) is 3.33. The Balaban J connectivity index is 2.08. The number of aromatic nitrogens is 3. The van der Waals surface area contributed by atoms with Crippen LogP contribution in [0.4, 0.5) is 5.82 Å². The molecule has 0 aliphatic rings. The number of aryl methyl sites for hydroxylation is 2. The predicted octanol–water partition coefficient (Wildman–Crippen LogP) is 1.45. The molecule has 0 aliphatic carbocycles. The largest absolute Gasteiger partial charge is 0.360 e. The van der Waals surface area contributed by atoms with E-state index in [1.807, 2.05) is 6.92 Å². The van der Waals surface area contributed by atoms with Crippen LogP contribution in [0.1, 0.15) is 23.2 Å². The minimum atomic E-state index is -0.291. The van der Waals surface area contributed by atoms with E-state index in [0.29, 0.717) is 17.3 Å². The Hall–Kier alpha value is -2.11. The summed E-state index contributed by atoms with van der Waals surface area (Å²) in [6.07, 6.45) is 1.75. The van der Waals surface area contributed by atoms with E-state index in [1.165, 1.54) is 0 Å². The Morgan fingerprint density at radius 1 is 1.62 bits per heavy atom. The molecule has 1 amide bonds. The van der Waals surface area contributed by atoms with Crippen molar-refractivity contribution in [3.05, 3.63) is 29.8 Å². The van der Waals surface area contributed by atoms with Crippen LogP contribution in [-0.2, 0) is 6.54 Å². The van der Waals surface area contributed by atoms with Crippen LogP contribution in [0.2, 0.25) is 0 Å². The van der Waals surface area contributed by atoms with Crippen LogP contribution < -0.4 is 5.32 Å². The lowest BCUT2D eigenvalue weighted by Gasteiger charge is -1.96. The topological polar surface area (TPSA) is 73.0 Å². The molecule has 0 aliphatic heterocycles. The van der Waals surface area contributed by atoms with Crippen molar-refractivity contribution in [2.75, 3.05) is 5.32 Å². The van der Waals surface area contributed by atoms with Gasteiger partial charge < -0.3 is 9.84 Å². The summed E-state index contributed by atoms with van der Waals surface area (Å²) in [5.41, 5.74) is 0.363. The zero-order valence-corrected chi connectivity index (χ0v) is 9.10. The number of carbonyl (C=O) groups excluding carboxylic acids is 1. The fourth-order valence-electron chi connectivity index (χ4n) is 1.26. The number of carbonyl (C=O) groups is 1. The van der Waals surface area contributed by atoms with Crippen molar-refractivity contribution < 1.29 is 9.32 Å². The SMILES string of the molecule is CCn1ccc(C(=O)Nc2cc(C)on2)n1. The Labute approximate surface area is 92.2 Å². The standard InChI is InChI=1S/C10H12N4O2/c1-3-14-5-4-8(12-14)10(15)11-9-6-7(2)16-13-9/h4-6H,3H2,1-2H3,(H,11,13,15). The first-order valence-electron chi connectivity index (χ1n) is 4.97. The molecule has 2 aromatic heterocycles. The average Bonchev–Trinajstić information content (AvgIpc) is 2.87. The van der Waals surface area contributed by atoms with Crippen molar-refractivity contribution in [3.8, 4) is 0 Å². The van der Waals surface area contributed by atoms with Crippen LogP contribution in [0.25, 0.3) is 0 Å². The molecular weight excluding hydrogens is 208 g/mol. The molecule has 0 unspecified atom stereocenters. The Bertz CT molecular complexity index is 500. The van der Waals surface area contributed by atoms with Gasteiger partial charge in [-0.1, -0.05) is 5.16 Å². The Kier molecular flexibility index (Phi) is 2.72. The van der Waals surface area contributed by atoms with Crippen LogP contribution in [0.15, 0.2) is 22.9 Å². The van der Waals surface area contributed by atoms with E-state index < -0.39 is 0 Å². The molecule has 0 radical (unpaired) electrons. The zero-order chi connectivity index (χ0) is 11.5. The fraction of sp³-hybridized carbons (Fsp3) is 0.300. The van der Waals surface area contributed by atoms with Gasteiger partial charge in [0.2, 0.25) is 0 Å². The molecule has 0 saturated carbocycles. The summed E-state index contributed by atoms with van der Waals surface area (Å²) in [6, 6.07) is 3.31. The normalized spacial score (nSPS) is 10.4. The molecule has 1 N–H and O–H groups in total. The third-order valence-electron chi connectivity index (χ3n) is 2.07. The van der Waals surface area contributed by atoms with Gasteiger partial charge in [0.25, 0.3) is 5.91 Å². The van der Waals surface area contributed by atoms with Crippen LogP contribution in [0, 0.1) is 6.92 Å². The molecule has 6 nitrogen and oxygen atoms in total. The second kappa shape index (κ2) is 4.18. The highest BCUT2D eigenvalue weighted by molar-refractivity contribution is 6.02. The third-order valence-corrected chi connectivity index (χ3v) is 2.07. The van der Waals surface area contributed by atoms with Gasteiger partial charge in [0.05, 0.1) is 0 Å². The van der Waals surface area contributed by atoms with Crippen LogP contribution in [-0.4, -0.2) is 20.8 Å². The number of rotatable bonds is 3. The van der Waals surface area contributed by atoms with Gasteiger partial charge in [0.1, 0.15) is 5.76 Å². The number of amides is 1. The van der Waals surface area contributed by atoms with Crippen molar-refractivity contribution in [3.63, 3.8) is 0 Å². The molecule has 0 atom stereocenters. The van der Waals surface area contributed by atoms with E-state index in [1.54, 1.807) is 29.9 Å². The maximum absolute atomic E-state index is 11.7. The van der Waals surface area contributed by atoms with E-state index in [2.05, 4.69) is 15.6 Å². The van der Waals surface area contributed by atoms with Gasteiger partial charge in [0, 0.05) is 18.8 Å². The highest BCUT2D eigenvalue weighted by Crippen LogP contribution is 2.08. The molecule has 6 heteroatoms. The summed E-state index contributed by atoms with van der Waals surface area (Å²) < 4.78 is 6.52. The lowest BCUT2D eigenvalue weighted by atomic mass is 10.4. The summed E-state index contributed by atoms with van der Waals surface area (Å²) in [5, 5.41) is 10.3. The molecule has 2 rings (SSSR count). The van der Waals surface area contributed by atoms with Gasteiger partial charge in [-0.2, -0.15) is 5.10 Å². The minimum absolute atomic E-state index is 0.291. The van der Waals surface area contributed by atoms with Crippen molar-refractivity contribution in [2.24, 2.45) is 0 Å². The molecule has 0 fully saturated rings. The number of nitrogens with one attached hydrogen (secondary N) is 1. The number of nitrogens with zero attached hydrogens (tertiary/aromatic N) is 3. The van der Waals surface area contributed by atoms with Gasteiger partial charge in [-0.3, -0.25) is 9.48 Å². The minimum Gasteiger partial charge on any atom is -0.360 e. The first-order valence-corrected chi connectivity index (χ1v) is 4.97. The van der Waals surface area contributed by atoms with Crippen LogP contribution >= 0.6 is 0 Å². The van der Waals surface area contributed by atoms with Gasteiger partial charge in [-0.25, -0.2) is 0 Å². The number of hydrogen-bond donors (Lipinski definition) is 1. The highest BCUT2D eigenvalue weighted by atomic mass is 16.5. The smallest absolute Gasteiger partial charge is 0.277 e. The van der Waals surface area contributed by atoms with E-state index in [-0.39, 0.29) is 5.91 Å². The Morgan fingerprint density at radius 3 is 3.00 bits per heavy atom. The molecule has 0 bridgehead atoms. The molecule has 2 aromatic rings. The van der Waals surface area contributed by atoms with Crippen LogP contribution in [0.5, 0.6) is 0 Å². The molecule has 16 heavy (non-hydrogen) atoms. The van der Waals surface area contributed by atoms with Gasteiger partial charge >= 0.3 is 0 Å². The van der Waals surface area contributed by atoms with E-state index >= 15 is 0 Å². The van der Waals surface area contributed by atoms with Crippen LogP contribution in [0.3, 0.4) is 0 Å². The lowest BCUT2D eigenvalue weighted by molar-refractivity contribution is 0.102. The Morgan fingerprint density at radius 2 is 2.44 bits per heavy atom. The number of anilines is 1. The van der Waals surface area contributed by atoms with Crippen molar-refractivity contribution >= 4 is 11.7 Å². The van der Waals surface area contributed by atoms with Crippen molar-refractivity contribution in [1.82, 2.24) is 14.9 Å². The van der Waals surface area contributed by atoms with Crippen molar-refractivity contribution in [2.45, 2.75) is 20.4 Å². The monoisotopic (exact) mass is 220 g/mol. The average molecular weight is 220 g/mol. The summed E-state index contributed by atoms with van der Waals surface area (Å²) in [6.45, 7) is 4.44. The quantitative estimate of drug-likeness (QED) is 0.849. The fourth-order valence-corrected chi connectivity index (χ4v) is 1.26. The van der Waals surface area contributed by atoms with Gasteiger partial charge in [-0.05, 0) is 19.9 Å². The lowest BCUT2D eigenvalue weighted by Crippen LogP contribution is -2.13. The maximum Gasteiger partial charge on any atom is 0.277 e. The summed E-state index contributed by atoms with van der Waals surface area (Å²) in [7, 11) is 0. The van der Waals surface area contributed by atoms with Crippen molar-refractivity contribution in [1.29, 1.82) is 0 Å². The van der Waals surface area contributed by atoms with E-state index in [4.69, 9.17) is 4.52 Å². The van der Waals surface area contributed by atoms with Gasteiger partial charge in [-0.15, -0.1) is 0 Å². The number of hydrogen-bond acceptors (Lipinski definition) is 4. The summed E-state index contributed by atoms with van der Waals surface area (Å²) in [4.78, 5) is 11.7. The summed E-state index contributed by atoms with van der Waals surface area (Å²) in [5.74, 6) is 0.753. The first-order chi connectivity index (χ1) is 7.69. The van der Waals surface area contributed by atoms with Gasteiger partial charge in [0.15, 0.2) is 11.5 Å². The third kappa shape index (κ3) is 2.10. The molecule has 84 valence electrons. The van der Waals surface area contributed by atoms with E-state index in [9.17, 15) is 4.79 Å². The molecule has 0 saturated heterocycles. The second-order valence-electron chi connectivity index (χ2n) is 3.33. The molecule has 0 spiro atoms. The summed E-state index contributed by atoms with van der Waals surface area (Å²) >= 11 is 0. The molecule has 2 heterocycles. The molecule has 0 aromatic carbocycles. The highest BCUT2D eigenvalue weighted by Gasteiger charge is 2.11. The predicted molar refractivity (Wildman–Crippen MR) is 57.1 cm³/mol. The maximum atomic E-state index is 11.7. The van der Waals surface area contributed by atoms with E-state index in [0.717, 1.165) is 6.54 Å². The first kappa shape index (κ1) is 10.4. The molecular formula is C10H12N4O2. The zero-order valence-electron chi connectivity index (χ0n) is 9.10.